The van der Waals surface area contributed by atoms with Crippen LogP contribution in [-0.4, -0.2) is 31.1 Å². The maximum atomic E-state index is 5.60. The fourth-order valence-electron chi connectivity index (χ4n) is 2.35. The normalized spacial score (nSPS) is 12.6. The minimum atomic E-state index is -0.0162. The Kier molecular flexibility index (Phi) is 10.8. The van der Waals surface area contributed by atoms with Gasteiger partial charge in [-0.05, 0) is 18.4 Å². The molecule has 1 aromatic carbocycles. The van der Waals surface area contributed by atoms with Crippen molar-refractivity contribution in [3.63, 3.8) is 0 Å². The molecule has 7 heteroatoms. The molecular weight excluding hydrogens is 459 g/mol. The van der Waals surface area contributed by atoms with E-state index in [1.807, 2.05) is 18.2 Å². The van der Waals surface area contributed by atoms with Crippen LogP contribution in [0.25, 0.3) is 0 Å². The van der Waals surface area contributed by atoms with E-state index in [9.17, 15) is 0 Å². The van der Waals surface area contributed by atoms with Gasteiger partial charge in [-0.3, -0.25) is 0 Å². The molecule has 0 aliphatic rings. The zero-order valence-corrected chi connectivity index (χ0v) is 19.0. The summed E-state index contributed by atoms with van der Waals surface area (Å²) >= 11 is 1.67. The molecular formula is C19H29IN4OS. The molecule has 1 heterocycles. The Morgan fingerprint density at radius 2 is 1.96 bits per heavy atom. The summed E-state index contributed by atoms with van der Waals surface area (Å²) in [5.74, 6) is 1.23. The van der Waals surface area contributed by atoms with Gasteiger partial charge in [0.1, 0.15) is 5.01 Å². The molecule has 0 aliphatic carbocycles. The summed E-state index contributed by atoms with van der Waals surface area (Å²) < 4.78 is 5.60. The maximum Gasteiger partial charge on any atom is 0.191 e. The largest absolute Gasteiger partial charge is 0.375 e. The van der Waals surface area contributed by atoms with Crippen LogP contribution in [0, 0.1) is 0 Å². The van der Waals surface area contributed by atoms with E-state index in [1.165, 1.54) is 0 Å². The summed E-state index contributed by atoms with van der Waals surface area (Å²) in [4.78, 5) is 9.28. The summed E-state index contributed by atoms with van der Waals surface area (Å²) in [6.07, 6.45) is -0.0162. The molecule has 144 valence electrons. The van der Waals surface area contributed by atoms with Gasteiger partial charge in [-0.25, -0.2) is 9.98 Å². The Morgan fingerprint density at radius 3 is 2.54 bits per heavy atom. The second-order valence-electron chi connectivity index (χ2n) is 6.03. The van der Waals surface area contributed by atoms with Gasteiger partial charge < -0.3 is 15.4 Å². The Labute approximate surface area is 177 Å². The van der Waals surface area contributed by atoms with Crippen molar-refractivity contribution in [2.24, 2.45) is 4.99 Å². The predicted molar refractivity (Wildman–Crippen MR) is 121 cm³/mol. The van der Waals surface area contributed by atoms with Crippen molar-refractivity contribution >= 4 is 41.3 Å². The van der Waals surface area contributed by atoms with Crippen LogP contribution in [0.1, 0.15) is 49.1 Å². The molecule has 2 aromatic rings. The number of rotatable bonds is 8. The highest BCUT2D eigenvalue weighted by molar-refractivity contribution is 14.0. The fourth-order valence-corrected chi connectivity index (χ4v) is 3.22. The molecule has 2 N–H and O–H groups in total. The van der Waals surface area contributed by atoms with Crippen molar-refractivity contribution in [2.75, 3.05) is 20.2 Å². The van der Waals surface area contributed by atoms with Gasteiger partial charge in [-0.2, -0.15) is 0 Å². The number of hydrogen-bond acceptors (Lipinski definition) is 4. The number of nitrogens with one attached hydrogen (secondary N) is 2. The van der Waals surface area contributed by atoms with Gasteiger partial charge >= 0.3 is 0 Å². The molecule has 0 saturated carbocycles. The van der Waals surface area contributed by atoms with E-state index in [0.29, 0.717) is 19.0 Å². The Bertz CT molecular complexity index is 661. The maximum absolute atomic E-state index is 5.60. The van der Waals surface area contributed by atoms with Crippen molar-refractivity contribution in [2.45, 2.75) is 39.3 Å². The molecule has 1 unspecified atom stereocenters. The van der Waals surface area contributed by atoms with Gasteiger partial charge in [0, 0.05) is 25.6 Å². The predicted octanol–water partition coefficient (Wildman–Crippen LogP) is 4.33. The lowest BCUT2D eigenvalue weighted by molar-refractivity contribution is 0.106. The first-order valence-corrected chi connectivity index (χ1v) is 9.56. The summed E-state index contributed by atoms with van der Waals surface area (Å²) in [5, 5.41) is 9.79. The van der Waals surface area contributed by atoms with E-state index in [2.05, 4.69) is 58.9 Å². The van der Waals surface area contributed by atoms with Gasteiger partial charge in [0.2, 0.25) is 0 Å². The summed E-state index contributed by atoms with van der Waals surface area (Å²) in [5.41, 5.74) is 2.28. The third-order valence-electron chi connectivity index (χ3n) is 3.79. The number of thiazole rings is 1. The van der Waals surface area contributed by atoms with Gasteiger partial charge in [-0.1, -0.05) is 44.2 Å². The second-order valence-corrected chi connectivity index (χ2v) is 6.97. The number of aromatic nitrogens is 1. The summed E-state index contributed by atoms with van der Waals surface area (Å²) in [6.45, 7) is 8.41. The average molecular weight is 488 g/mol. The van der Waals surface area contributed by atoms with E-state index < -0.39 is 0 Å². The number of benzene rings is 1. The van der Waals surface area contributed by atoms with Crippen LogP contribution >= 0.6 is 35.3 Å². The lowest BCUT2D eigenvalue weighted by Crippen LogP contribution is -2.39. The quantitative estimate of drug-likeness (QED) is 0.330. The van der Waals surface area contributed by atoms with Crippen molar-refractivity contribution < 1.29 is 4.74 Å². The molecule has 0 radical (unpaired) electrons. The molecule has 1 aromatic heterocycles. The number of halogens is 1. The lowest BCUT2D eigenvalue weighted by atomic mass is 10.1. The van der Waals surface area contributed by atoms with E-state index in [-0.39, 0.29) is 30.1 Å². The fraction of sp³-hybridized carbons (Fsp3) is 0.474. The van der Waals surface area contributed by atoms with E-state index in [4.69, 9.17) is 4.74 Å². The molecule has 2 rings (SSSR count). The highest BCUT2D eigenvalue weighted by Crippen LogP contribution is 2.18. The molecule has 0 bridgehead atoms. The van der Waals surface area contributed by atoms with Crippen molar-refractivity contribution in [1.29, 1.82) is 0 Å². The first-order valence-electron chi connectivity index (χ1n) is 8.68. The van der Waals surface area contributed by atoms with Crippen LogP contribution in [0.15, 0.2) is 40.7 Å². The molecule has 0 aliphatic heterocycles. The van der Waals surface area contributed by atoms with Crippen LogP contribution in [0.5, 0.6) is 0 Å². The molecule has 26 heavy (non-hydrogen) atoms. The van der Waals surface area contributed by atoms with Crippen molar-refractivity contribution in [1.82, 2.24) is 15.6 Å². The number of methoxy groups -OCH3 is 1. The second kappa shape index (κ2) is 12.2. The van der Waals surface area contributed by atoms with E-state index in [1.54, 1.807) is 18.4 Å². The molecule has 0 spiro atoms. The molecule has 0 amide bonds. The Balaban J connectivity index is 0.00000338. The summed E-state index contributed by atoms with van der Waals surface area (Å²) in [7, 11) is 1.73. The van der Waals surface area contributed by atoms with Crippen LogP contribution in [0.2, 0.25) is 0 Å². The number of aliphatic imine (C=N–C) groups is 1. The minimum absolute atomic E-state index is 0. The topological polar surface area (TPSA) is 58.5 Å². The first kappa shape index (κ1) is 22.9. The van der Waals surface area contributed by atoms with Gasteiger partial charge in [0.25, 0.3) is 0 Å². The van der Waals surface area contributed by atoms with Crippen LogP contribution in [-0.2, 0) is 11.3 Å². The SMILES string of the molecule is CCNC(=NCc1nc(C(C)C)cs1)NCC(OC)c1ccccc1.I. The molecule has 5 nitrogen and oxygen atoms in total. The van der Waals surface area contributed by atoms with Crippen LogP contribution < -0.4 is 10.6 Å². The van der Waals surface area contributed by atoms with Crippen LogP contribution in [0.4, 0.5) is 0 Å². The number of ether oxygens (including phenoxy) is 1. The lowest BCUT2D eigenvalue weighted by Gasteiger charge is -2.18. The van der Waals surface area contributed by atoms with Gasteiger partial charge in [0.15, 0.2) is 5.96 Å². The molecule has 1 atom stereocenters. The van der Waals surface area contributed by atoms with Crippen molar-refractivity contribution in [3.05, 3.63) is 52.0 Å². The zero-order valence-electron chi connectivity index (χ0n) is 15.9. The average Bonchev–Trinajstić information content (AvgIpc) is 3.10. The van der Waals surface area contributed by atoms with Gasteiger partial charge in [0.05, 0.1) is 18.3 Å². The number of guanidine groups is 1. The number of nitrogens with zero attached hydrogens (tertiary/aromatic N) is 2. The third kappa shape index (κ3) is 7.20. The van der Waals surface area contributed by atoms with Crippen molar-refractivity contribution in [3.8, 4) is 0 Å². The third-order valence-corrected chi connectivity index (χ3v) is 4.64. The molecule has 0 saturated heterocycles. The smallest absolute Gasteiger partial charge is 0.191 e. The van der Waals surface area contributed by atoms with E-state index in [0.717, 1.165) is 28.8 Å². The van der Waals surface area contributed by atoms with Gasteiger partial charge in [-0.15, -0.1) is 35.3 Å². The summed E-state index contributed by atoms with van der Waals surface area (Å²) in [6, 6.07) is 10.2. The molecule has 0 fully saturated rings. The minimum Gasteiger partial charge on any atom is -0.375 e. The highest BCUT2D eigenvalue weighted by Gasteiger charge is 2.11. The first-order chi connectivity index (χ1) is 12.1. The highest BCUT2D eigenvalue weighted by atomic mass is 127. The number of hydrogen-bond donors (Lipinski definition) is 2. The monoisotopic (exact) mass is 488 g/mol. The van der Waals surface area contributed by atoms with Crippen LogP contribution in [0.3, 0.4) is 0 Å². The standard InChI is InChI=1S/C19H28N4OS.HI/c1-5-20-19(22-12-18-23-16(13-25-18)14(2)3)21-11-17(24-4)15-9-7-6-8-10-15;/h6-10,13-14,17H,5,11-12H2,1-4H3,(H2,20,21,22);1H. The Morgan fingerprint density at radius 1 is 1.23 bits per heavy atom. The zero-order chi connectivity index (χ0) is 18.1. The Hall–Kier alpha value is -1.19. The van der Waals surface area contributed by atoms with E-state index >= 15 is 0 Å².